The summed E-state index contributed by atoms with van der Waals surface area (Å²) in [7, 11) is 0. The van der Waals surface area contributed by atoms with Gasteiger partial charge in [-0.1, -0.05) is 32.0 Å². The molecule has 1 aromatic rings. The molecule has 1 amide bonds. The summed E-state index contributed by atoms with van der Waals surface area (Å²) in [6.45, 7) is 4.31. The summed E-state index contributed by atoms with van der Waals surface area (Å²) in [6.07, 6.45) is 3.67. The number of hydrogen-bond donors (Lipinski definition) is 1. The molecule has 4 heteroatoms. The highest BCUT2D eigenvalue weighted by Gasteiger charge is 2.18. The summed E-state index contributed by atoms with van der Waals surface area (Å²) < 4.78 is 0. The van der Waals surface area contributed by atoms with Crippen molar-refractivity contribution >= 4 is 11.6 Å². The van der Waals surface area contributed by atoms with Crippen LogP contribution in [0.4, 0.5) is 5.69 Å². The minimum atomic E-state index is 0.0183. The van der Waals surface area contributed by atoms with Crippen molar-refractivity contribution in [2.75, 3.05) is 11.7 Å². The van der Waals surface area contributed by atoms with Crippen LogP contribution >= 0.6 is 0 Å². The number of rotatable bonds is 2. The van der Waals surface area contributed by atoms with Crippen LogP contribution in [0.5, 0.6) is 0 Å². The smallest absolute Gasteiger partial charge is 0.230 e. The van der Waals surface area contributed by atoms with Crippen LogP contribution in [0.1, 0.15) is 13.8 Å². The second-order valence-corrected chi connectivity index (χ2v) is 4.28. The van der Waals surface area contributed by atoms with E-state index in [9.17, 15) is 4.79 Å². The van der Waals surface area contributed by atoms with E-state index in [0.717, 1.165) is 5.69 Å². The second-order valence-electron chi connectivity index (χ2n) is 4.28. The van der Waals surface area contributed by atoms with Crippen molar-refractivity contribution in [1.82, 2.24) is 10.3 Å². The highest BCUT2D eigenvalue weighted by atomic mass is 16.2. The Kier molecular flexibility index (Phi) is 3.44. The molecule has 0 bridgehead atoms. The summed E-state index contributed by atoms with van der Waals surface area (Å²) in [5.74, 6) is 0.145. The van der Waals surface area contributed by atoms with E-state index in [4.69, 9.17) is 0 Å². The van der Waals surface area contributed by atoms with Gasteiger partial charge in [0.2, 0.25) is 5.91 Å². The summed E-state index contributed by atoms with van der Waals surface area (Å²) in [5, 5.41) is 1.91. The van der Waals surface area contributed by atoms with Gasteiger partial charge in [-0.3, -0.25) is 9.80 Å². The number of nitrogens with zero attached hydrogens (tertiary/aromatic N) is 2. The predicted octanol–water partition coefficient (Wildman–Crippen LogP) is 1.92. The van der Waals surface area contributed by atoms with Crippen molar-refractivity contribution in [2.45, 2.75) is 13.8 Å². The summed E-state index contributed by atoms with van der Waals surface area (Å²) in [4.78, 5) is 13.4. The van der Waals surface area contributed by atoms with Crippen molar-refractivity contribution in [3.05, 3.63) is 42.7 Å². The van der Waals surface area contributed by atoms with E-state index >= 15 is 0 Å². The number of carbonyl (C=O) groups is 1. The molecular formula is C13H17N3O. The van der Waals surface area contributed by atoms with Crippen LogP contribution in [-0.2, 0) is 4.79 Å². The van der Waals surface area contributed by atoms with E-state index in [1.807, 2.05) is 61.6 Å². The van der Waals surface area contributed by atoms with Gasteiger partial charge in [0.25, 0.3) is 0 Å². The Morgan fingerprint density at radius 1 is 1.24 bits per heavy atom. The SMILES string of the molecule is CC(C)C(=O)N1C=CN(c2ccccc2)NC1. The van der Waals surface area contributed by atoms with E-state index < -0.39 is 0 Å². The number of carbonyl (C=O) groups excluding carboxylic acids is 1. The van der Waals surface area contributed by atoms with Crippen LogP contribution in [0, 0.1) is 5.92 Å². The Hall–Kier alpha value is -1.81. The molecule has 0 unspecified atom stereocenters. The average Bonchev–Trinajstić information content (AvgIpc) is 2.39. The van der Waals surface area contributed by atoms with Gasteiger partial charge in [0, 0.05) is 18.3 Å². The second kappa shape index (κ2) is 5.01. The maximum Gasteiger partial charge on any atom is 0.230 e. The van der Waals surface area contributed by atoms with Crippen molar-refractivity contribution < 1.29 is 4.79 Å². The lowest BCUT2D eigenvalue weighted by Gasteiger charge is -2.31. The van der Waals surface area contributed by atoms with Crippen LogP contribution in [0.3, 0.4) is 0 Å². The normalized spacial score (nSPS) is 15.5. The third-order valence-corrected chi connectivity index (χ3v) is 2.62. The van der Waals surface area contributed by atoms with Gasteiger partial charge < -0.3 is 4.90 Å². The fourth-order valence-corrected chi connectivity index (χ4v) is 1.65. The van der Waals surface area contributed by atoms with Crippen molar-refractivity contribution in [3.8, 4) is 0 Å². The standard InChI is InChI=1S/C13H17N3O/c1-11(2)13(17)15-8-9-16(14-10-15)12-6-4-3-5-7-12/h3-9,11,14H,10H2,1-2H3. The molecule has 0 aromatic heterocycles. The first-order chi connectivity index (χ1) is 8.18. The summed E-state index contributed by atoms with van der Waals surface area (Å²) in [6, 6.07) is 9.97. The lowest BCUT2D eigenvalue weighted by Crippen LogP contribution is -2.47. The van der Waals surface area contributed by atoms with Crippen LogP contribution in [-0.4, -0.2) is 17.5 Å². The molecule has 1 aliphatic heterocycles. The molecule has 2 rings (SSSR count). The molecule has 1 heterocycles. The molecule has 0 atom stereocenters. The molecule has 0 saturated heterocycles. The number of hydrogen-bond acceptors (Lipinski definition) is 3. The van der Waals surface area contributed by atoms with Gasteiger partial charge in [0.15, 0.2) is 0 Å². The molecule has 0 aliphatic carbocycles. The first-order valence-electron chi connectivity index (χ1n) is 5.75. The molecule has 1 aromatic carbocycles. The van der Waals surface area contributed by atoms with E-state index in [1.165, 1.54) is 0 Å². The number of benzene rings is 1. The maximum atomic E-state index is 11.8. The molecule has 0 radical (unpaired) electrons. The molecule has 1 N–H and O–H groups in total. The largest absolute Gasteiger partial charge is 0.302 e. The molecule has 1 aliphatic rings. The quantitative estimate of drug-likeness (QED) is 0.844. The molecule has 17 heavy (non-hydrogen) atoms. The highest BCUT2D eigenvalue weighted by molar-refractivity contribution is 5.79. The van der Waals surface area contributed by atoms with E-state index in [2.05, 4.69) is 5.43 Å². The molecular weight excluding hydrogens is 214 g/mol. The molecule has 0 spiro atoms. The third kappa shape index (κ3) is 2.65. The van der Waals surface area contributed by atoms with Gasteiger partial charge in [-0.25, -0.2) is 5.43 Å². The van der Waals surface area contributed by atoms with E-state index in [-0.39, 0.29) is 11.8 Å². The van der Waals surface area contributed by atoms with Gasteiger partial charge >= 0.3 is 0 Å². The van der Waals surface area contributed by atoms with Gasteiger partial charge in [-0.15, -0.1) is 0 Å². The Balaban J connectivity index is 2.05. The lowest BCUT2D eigenvalue weighted by atomic mass is 10.2. The fraction of sp³-hybridized carbons (Fsp3) is 0.308. The van der Waals surface area contributed by atoms with Crippen molar-refractivity contribution in [3.63, 3.8) is 0 Å². The number of nitrogens with one attached hydrogen (secondary N) is 1. The third-order valence-electron chi connectivity index (χ3n) is 2.62. The first kappa shape index (κ1) is 11.7. The highest BCUT2D eigenvalue weighted by Crippen LogP contribution is 2.14. The van der Waals surface area contributed by atoms with E-state index in [0.29, 0.717) is 6.67 Å². The minimum Gasteiger partial charge on any atom is -0.302 e. The van der Waals surface area contributed by atoms with Crippen molar-refractivity contribution in [1.29, 1.82) is 0 Å². The molecule has 0 saturated carbocycles. The summed E-state index contributed by atoms with van der Waals surface area (Å²) in [5.41, 5.74) is 4.23. The van der Waals surface area contributed by atoms with Crippen molar-refractivity contribution in [2.24, 2.45) is 5.92 Å². The van der Waals surface area contributed by atoms with Crippen LogP contribution < -0.4 is 10.4 Å². The minimum absolute atomic E-state index is 0.0183. The monoisotopic (exact) mass is 231 g/mol. The molecule has 0 fully saturated rings. The predicted molar refractivity (Wildman–Crippen MR) is 67.7 cm³/mol. The summed E-state index contributed by atoms with van der Waals surface area (Å²) >= 11 is 0. The van der Waals surface area contributed by atoms with Gasteiger partial charge in [0.05, 0.1) is 12.4 Å². The van der Waals surface area contributed by atoms with Gasteiger partial charge in [-0.05, 0) is 12.1 Å². The number of anilines is 1. The topological polar surface area (TPSA) is 35.6 Å². The van der Waals surface area contributed by atoms with E-state index in [1.54, 1.807) is 4.90 Å². The van der Waals surface area contributed by atoms with Gasteiger partial charge in [-0.2, -0.15) is 0 Å². The Labute approximate surface area is 101 Å². The Morgan fingerprint density at radius 2 is 1.94 bits per heavy atom. The Bertz CT molecular complexity index is 414. The first-order valence-corrected chi connectivity index (χ1v) is 5.75. The average molecular weight is 231 g/mol. The zero-order chi connectivity index (χ0) is 12.3. The zero-order valence-corrected chi connectivity index (χ0v) is 10.1. The number of para-hydroxylation sites is 1. The zero-order valence-electron chi connectivity index (χ0n) is 10.1. The van der Waals surface area contributed by atoms with Crippen LogP contribution in [0.15, 0.2) is 42.7 Å². The van der Waals surface area contributed by atoms with Crippen LogP contribution in [0.2, 0.25) is 0 Å². The van der Waals surface area contributed by atoms with Gasteiger partial charge in [0.1, 0.15) is 0 Å². The number of amides is 1. The molecule has 90 valence electrons. The molecule has 4 nitrogen and oxygen atoms in total. The fourth-order valence-electron chi connectivity index (χ4n) is 1.65. The maximum absolute atomic E-state index is 11.8. The Morgan fingerprint density at radius 3 is 2.47 bits per heavy atom. The van der Waals surface area contributed by atoms with Crippen LogP contribution in [0.25, 0.3) is 0 Å². The number of hydrazine groups is 1. The lowest BCUT2D eigenvalue weighted by molar-refractivity contribution is -0.132.